The molecule has 0 aromatic carbocycles. The molecule has 1 fully saturated rings. The Bertz CT molecular complexity index is 345. The molecule has 1 aliphatic rings. The summed E-state index contributed by atoms with van der Waals surface area (Å²) in [6, 6.07) is 2.82. The first-order valence-electron chi connectivity index (χ1n) is 6.14. The third-order valence-electron chi connectivity index (χ3n) is 3.25. The Hall–Kier alpha value is -0.870. The van der Waals surface area contributed by atoms with Crippen molar-refractivity contribution >= 4 is 0 Å². The molecule has 16 heavy (non-hydrogen) atoms. The molecule has 1 unspecified atom stereocenters. The van der Waals surface area contributed by atoms with Crippen molar-refractivity contribution in [3.05, 3.63) is 17.5 Å². The molecule has 1 saturated heterocycles. The fourth-order valence-electron chi connectivity index (χ4n) is 2.37. The molecular weight excluding hydrogens is 200 g/mol. The van der Waals surface area contributed by atoms with E-state index in [1.807, 2.05) is 0 Å². The van der Waals surface area contributed by atoms with Gasteiger partial charge in [0, 0.05) is 25.7 Å². The van der Waals surface area contributed by atoms with Gasteiger partial charge in [-0.25, -0.2) is 0 Å². The van der Waals surface area contributed by atoms with Gasteiger partial charge in [-0.1, -0.05) is 0 Å². The second-order valence-electron chi connectivity index (χ2n) is 4.72. The predicted molar refractivity (Wildman–Crippen MR) is 65.4 cm³/mol. The van der Waals surface area contributed by atoms with Gasteiger partial charge in [-0.15, -0.1) is 0 Å². The Labute approximate surface area is 97.6 Å². The second kappa shape index (κ2) is 4.97. The van der Waals surface area contributed by atoms with Crippen LogP contribution in [0.5, 0.6) is 0 Å². The van der Waals surface area contributed by atoms with Crippen molar-refractivity contribution in [2.45, 2.75) is 39.4 Å². The van der Waals surface area contributed by atoms with Crippen molar-refractivity contribution in [3.63, 3.8) is 0 Å². The highest BCUT2D eigenvalue weighted by Gasteiger charge is 2.18. The van der Waals surface area contributed by atoms with Crippen LogP contribution in [-0.2, 0) is 13.1 Å². The fourth-order valence-corrected chi connectivity index (χ4v) is 2.37. The number of nitrogens with one attached hydrogen (secondary N) is 1. The summed E-state index contributed by atoms with van der Waals surface area (Å²) in [5, 5.41) is 8.07. The van der Waals surface area contributed by atoms with Crippen molar-refractivity contribution in [2.75, 3.05) is 20.1 Å². The molecule has 90 valence electrons. The molecule has 1 atom stereocenters. The topological polar surface area (TPSA) is 33.1 Å². The summed E-state index contributed by atoms with van der Waals surface area (Å²) in [4.78, 5) is 2.38. The predicted octanol–water partition coefficient (Wildman–Crippen LogP) is 1.01. The van der Waals surface area contributed by atoms with Crippen LogP contribution in [0.3, 0.4) is 0 Å². The number of nitrogens with zero attached hydrogens (tertiary/aromatic N) is 3. The maximum Gasteiger partial charge on any atom is 0.0597 e. The third-order valence-corrected chi connectivity index (χ3v) is 3.25. The molecule has 1 aliphatic heterocycles. The van der Waals surface area contributed by atoms with E-state index in [2.05, 4.69) is 47.0 Å². The molecule has 0 aliphatic carbocycles. The lowest BCUT2D eigenvalue weighted by Gasteiger charge is -2.13. The summed E-state index contributed by atoms with van der Waals surface area (Å²) in [7, 11) is 2.18. The highest BCUT2D eigenvalue weighted by atomic mass is 15.3. The highest BCUT2D eigenvalue weighted by molar-refractivity contribution is 5.08. The van der Waals surface area contributed by atoms with Gasteiger partial charge >= 0.3 is 0 Å². The summed E-state index contributed by atoms with van der Waals surface area (Å²) in [6.45, 7) is 8.46. The van der Waals surface area contributed by atoms with E-state index in [0.717, 1.165) is 18.8 Å². The number of aromatic nitrogens is 2. The molecule has 0 radical (unpaired) electrons. The highest BCUT2D eigenvalue weighted by Crippen LogP contribution is 2.08. The minimum absolute atomic E-state index is 0.644. The van der Waals surface area contributed by atoms with E-state index in [0.29, 0.717) is 6.04 Å². The maximum absolute atomic E-state index is 4.46. The quantitative estimate of drug-likeness (QED) is 0.825. The van der Waals surface area contributed by atoms with Crippen molar-refractivity contribution in [1.29, 1.82) is 0 Å². The number of hydrogen-bond acceptors (Lipinski definition) is 3. The molecule has 2 rings (SSSR count). The zero-order valence-electron chi connectivity index (χ0n) is 10.5. The molecular formula is C12H22N4. The Morgan fingerprint density at radius 1 is 1.56 bits per heavy atom. The van der Waals surface area contributed by atoms with Gasteiger partial charge in [0.05, 0.1) is 11.4 Å². The van der Waals surface area contributed by atoms with Crippen molar-refractivity contribution < 1.29 is 0 Å². The number of aryl methyl sites for hydroxylation is 2. The lowest BCUT2D eigenvalue weighted by molar-refractivity contribution is 0.396. The van der Waals surface area contributed by atoms with E-state index in [1.165, 1.54) is 25.2 Å². The van der Waals surface area contributed by atoms with Crippen molar-refractivity contribution in [2.24, 2.45) is 0 Å². The van der Waals surface area contributed by atoms with Gasteiger partial charge in [0.15, 0.2) is 0 Å². The molecule has 2 heterocycles. The summed E-state index contributed by atoms with van der Waals surface area (Å²) in [5.74, 6) is 0. The molecule has 1 N–H and O–H groups in total. The largest absolute Gasteiger partial charge is 0.307 e. The second-order valence-corrected chi connectivity index (χ2v) is 4.72. The molecule has 4 nitrogen and oxygen atoms in total. The zero-order valence-corrected chi connectivity index (χ0v) is 10.5. The van der Waals surface area contributed by atoms with Crippen LogP contribution in [0.4, 0.5) is 0 Å². The number of likely N-dealkylation sites (N-methyl/N-ethyl adjacent to an activating group) is 1. The van der Waals surface area contributed by atoms with Crippen molar-refractivity contribution in [1.82, 2.24) is 20.0 Å². The van der Waals surface area contributed by atoms with Crippen LogP contribution in [-0.4, -0.2) is 40.9 Å². The first-order chi connectivity index (χ1) is 7.69. The maximum atomic E-state index is 4.46. The van der Waals surface area contributed by atoms with E-state index >= 15 is 0 Å². The Balaban J connectivity index is 1.89. The fraction of sp³-hybridized carbons (Fsp3) is 0.750. The van der Waals surface area contributed by atoms with Gasteiger partial charge < -0.3 is 10.2 Å². The number of hydrogen-bond donors (Lipinski definition) is 1. The standard InChI is InChI=1S/C12H22N4/c1-4-16-12(7-10(2)14-16)8-13-11-5-6-15(3)9-11/h7,11,13H,4-6,8-9H2,1-3H3. The van der Waals surface area contributed by atoms with E-state index in [-0.39, 0.29) is 0 Å². The minimum Gasteiger partial charge on any atom is -0.307 e. The molecule has 0 amide bonds. The average molecular weight is 222 g/mol. The zero-order chi connectivity index (χ0) is 11.5. The summed E-state index contributed by atoms with van der Waals surface area (Å²) < 4.78 is 2.08. The summed E-state index contributed by atoms with van der Waals surface area (Å²) >= 11 is 0. The number of rotatable bonds is 4. The van der Waals surface area contributed by atoms with Crippen LogP contribution in [0, 0.1) is 6.92 Å². The molecule has 0 spiro atoms. The van der Waals surface area contributed by atoms with Crippen LogP contribution >= 0.6 is 0 Å². The van der Waals surface area contributed by atoms with Gasteiger partial charge in [-0.05, 0) is 39.9 Å². The minimum atomic E-state index is 0.644. The molecule has 1 aromatic rings. The van der Waals surface area contributed by atoms with Gasteiger partial charge in [-0.3, -0.25) is 4.68 Å². The van der Waals surface area contributed by atoms with E-state index < -0.39 is 0 Å². The van der Waals surface area contributed by atoms with Crippen molar-refractivity contribution in [3.8, 4) is 0 Å². The monoisotopic (exact) mass is 222 g/mol. The molecule has 0 bridgehead atoms. The summed E-state index contributed by atoms with van der Waals surface area (Å²) in [5.41, 5.74) is 2.41. The lowest BCUT2D eigenvalue weighted by Crippen LogP contribution is -2.31. The van der Waals surface area contributed by atoms with Gasteiger partial charge in [0.1, 0.15) is 0 Å². The smallest absolute Gasteiger partial charge is 0.0597 e. The summed E-state index contributed by atoms with van der Waals surface area (Å²) in [6.07, 6.45) is 1.26. The van der Waals surface area contributed by atoms with Crippen LogP contribution in [0.1, 0.15) is 24.7 Å². The number of likely N-dealkylation sites (tertiary alicyclic amines) is 1. The Morgan fingerprint density at radius 3 is 3.00 bits per heavy atom. The van der Waals surface area contributed by atoms with E-state index in [9.17, 15) is 0 Å². The molecule has 0 saturated carbocycles. The average Bonchev–Trinajstić information content (AvgIpc) is 2.81. The molecule has 4 heteroatoms. The lowest BCUT2D eigenvalue weighted by atomic mass is 10.2. The van der Waals surface area contributed by atoms with Gasteiger partial charge in [0.2, 0.25) is 0 Å². The third kappa shape index (κ3) is 2.62. The Morgan fingerprint density at radius 2 is 2.38 bits per heavy atom. The van der Waals surface area contributed by atoms with Crippen LogP contribution < -0.4 is 5.32 Å². The first-order valence-corrected chi connectivity index (χ1v) is 6.14. The van der Waals surface area contributed by atoms with Crippen LogP contribution in [0.25, 0.3) is 0 Å². The van der Waals surface area contributed by atoms with E-state index in [1.54, 1.807) is 0 Å². The van der Waals surface area contributed by atoms with Gasteiger partial charge in [0.25, 0.3) is 0 Å². The Kier molecular flexibility index (Phi) is 3.61. The van der Waals surface area contributed by atoms with E-state index in [4.69, 9.17) is 0 Å². The van der Waals surface area contributed by atoms with Crippen LogP contribution in [0.15, 0.2) is 6.07 Å². The first kappa shape index (κ1) is 11.6. The molecule has 1 aromatic heterocycles. The SMILES string of the molecule is CCn1nc(C)cc1CNC1CCN(C)C1. The normalized spacial score (nSPS) is 21.8. The van der Waals surface area contributed by atoms with Gasteiger partial charge in [-0.2, -0.15) is 5.10 Å². The van der Waals surface area contributed by atoms with Crippen LogP contribution in [0.2, 0.25) is 0 Å².